The summed E-state index contributed by atoms with van der Waals surface area (Å²) in [4.78, 5) is 18.2. The van der Waals surface area contributed by atoms with Crippen LogP contribution in [0.2, 0.25) is 0 Å². The first-order valence-electron chi connectivity index (χ1n) is 6.96. The molecule has 1 aromatic carbocycles. The molecule has 0 aliphatic carbocycles. The molecule has 0 unspecified atom stereocenters. The summed E-state index contributed by atoms with van der Waals surface area (Å²) in [7, 11) is 0. The molecule has 2 heterocycles. The van der Waals surface area contributed by atoms with Gasteiger partial charge in [-0.15, -0.1) is 17.0 Å². The number of carbonyl (C=O) groups excluding carboxylic acids is 1. The molecule has 1 saturated heterocycles. The summed E-state index contributed by atoms with van der Waals surface area (Å²) >= 11 is 1.18. The van der Waals surface area contributed by atoms with E-state index in [1.165, 1.54) is 30.0 Å². The first kappa shape index (κ1) is 19.0. The number of alkyl halides is 3. The minimum atomic E-state index is -4.41. The van der Waals surface area contributed by atoms with Crippen molar-refractivity contribution in [3.8, 4) is 0 Å². The van der Waals surface area contributed by atoms with E-state index in [4.69, 9.17) is 4.74 Å². The van der Waals surface area contributed by atoms with E-state index < -0.39 is 17.6 Å². The van der Waals surface area contributed by atoms with Gasteiger partial charge in [0.2, 0.25) is 0 Å². The van der Waals surface area contributed by atoms with Gasteiger partial charge in [0.15, 0.2) is 5.17 Å². The summed E-state index contributed by atoms with van der Waals surface area (Å²) in [6, 6.07) is 4.88. The van der Waals surface area contributed by atoms with Gasteiger partial charge in [0.05, 0.1) is 23.7 Å². The molecule has 9 heteroatoms. The molecule has 0 radical (unpaired) electrons. The van der Waals surface area contributed by atoms with Crippen LogP contribution < -0.4 is 0 Å². The number of rotatable bonds is 1. The Bertz CT molecular complexity index is 686. The van der Waals surface area contributed by atoms with Gasteiger partial charge in [-0.1, -0.05) is 12.1 Å². The minimum absolute atomic E-state index is 0. The highest BCUT2D eigenvalue weighted by molar-refractivity contribution is 8.93. The normalized spacial score (nSPS) is 20.1. The van der Waals surface area contributed by atoms with Crippen LogP contribution in [0.25, 0.3) is 6.08 Å². The molecule has 130 valence electrons. The Hall–Kier alpha value is -1.32. The van der Waals surface area contributed by atoms with Crippen molar-refractivity contribution in [1.29, 1.82) is 0 Å². The van der Waals surface area contributed by atoms with E-state index in [2.05, 4.69) is 4.99 Å². The third-order valence-electron chi connectivity index (χ3n) is 3.40. The summed E-state index contributed by atoms with van der Waals surface area (Å²) in [6.45, 7) is 2.44. The minimum Gasteiger partial charge on any atom is -0.378 e. The fourth-order valence-corrected chi connectivity index (χ4v) is 3.21. The van der Waals surface area contributed by atoms with E-state index in [0.717, 1.165) is 12.1 Å². The smallest absolute Gasteiger partial charge is 0.378 e. The van der Waals surface area contributed by atoms with Crippen molar-refractivity contribution in [3.63, 3.8) is 0 Å². The summed E-state index contributed by atoms with van der Waals surface area (Å²) in [5.74, 6) is -0.422. The number of aliphatic imine (C=N–C) groups is 1. The molecule has 3 rings (SSSR count). The van der Waals surface area contributed by atoms with Crippen LogP contribution in [0.3, 0.4) is 0 Å². The van der Waals surface area contributed by atoms with Crippen molar-refractivity contribution in [1.82, 2.24) is 4.90 Å². The first-order chi connectivity index (χ1) is 10.9. The predicted octanol–water partition coefficient (Wildman–Crippen LogP) is 3.59. The Kier molecular flexibility index (Phi) is 6.11. The molecule has 0 atom stereocenters. The van der Waals surface area contributed by atoms with E-state index in [-0.39, 0.29) is 17.0 Å². The largest absolute Gasteiger partial charge is 0.416 e. The van der Waals surface area contributed by atoms with Crippen molar-refractivity contribution in [2.45, 2.75) is 6.18 Å². The lowest BCUT2D eigenvalue weighted by molar-refractivity contribution is -0.137. The molecular formula is C15H14BrF3N2O2S. The summed E-state index contributed by atoms with van der Waals surface area (Å²) in [5.41, 5.74) is -0.411. The zero-order valence-corrected chi connectivity index (χ0v) is 14.9. The molecule has 0 N–H and O–H groups in total. The molecule has 0 spiro atoms. The van der Waals surface area contributed by atoms with E-state index in [1.807, 2.05) is 4.90 Å². The van der Waals surface area contributed by atoms with Crippen LogP contribution in [0.5, 0.6) is 0 Å². The van der Waals surface area contributed by atoms with Gasteiger partial charge in [0.25, 0.3) is 5.91 Å². The van der Waals surface area contributed by atoms with E-state index in [0.29, 0.717) is 41.9 Å². The molecule has 0 aromatic heterocycles. The Labute approximate surface area is 151 Å². The van der Waals surface area contributed by atoms with Gasteiger partial charge in [-0.3, -0.25) is 4.79 Å². The summed E-state index contributed by atoms with van der Waals surface area (Å²) in [6.07, 6.45) is -2.96. The van der Waals surface area contributed by atoms with Crippen LogP contribution in [0.4, 0.5) is 13.2 Å². The lowest BCUT2D eigenvalue weighted by atomic mass is 10.1. The number of ether oxygens (including phenoxy) is 1. The van der Waals surface area contributed by atoms with Gasteiger partial charge in [-0.05, 0) is 35.5 Å². The number of amidine groups is 1. The van der Waals surface area contributed by atoms with Crippen molar-refractivity contribution < 1.29 is 22.7 Å². The number of nitrogens with zero attached hydrogens (tertiary/aromatic N) is 2. The van der Waals surface area contributed by atoms with E-state index in [1.54, 1.807) is 0 Å². The molecule has 2 aliphatic rings. The number of hydrogen-bond donors (Lipinski definition) is 0. The number of thioether (sulfide) groups is 1. The molecule has 4 nitrogen and oxygen atoms in total. The zero-order valence-electron chi connectivity index (χ0n) is 12.4. The average Bonchev–Trinajstić information content (AvgIpc) is 2.89. The van der Waals surface area contributed by atoms with Gasteiger partial charge < -0.3 is 9.64 Å². The molecular weight excluding hydrogens is 409 g/mol. The van der Waals surface area contributed by atoms with Gasteiger partial charge in [-0.25, -0.2) is 0 Å². The molecule has 2 aliphatic heterocycles. The fourth-order valence-electron chi connectivity index (χ4n) is 2.24. The maximum atomic E-state index is 12.7. The Morgan fingerprint density at radius 2 is 1.96 bits per heavy atom. The Balaban J connectivity index is 0.00000208. The van der Waals surface area contributed by atoms with Crippen LogP contribution >= 0.6 is 28.7 Å². The topological polar surface area (TPSA) is 41.9 Å². The second-order valence-electron chi connectivity index (χ2n) is 5.03. The standard InChI is InChI=1S/C15H13F3N2O2S.BrH/c16-15(17,18)11-3-1-2-10(8-11)9-12-13(21)19-14(23-12)20-4-6-22-7-5-20;/h1-3,8-9H,4-7H2;1H. The number of carbonyl (C=O) groups is 1. The third kappa shape index (κ3) is 4.40. The summed E-state index contributed by atoms with van der Waals surface area (Å²) in [5, 5.41) is 0.580. The fraction of sp³-hybridized carbons (Fsp3) is 0.333. The second kappa shape index (κ2) is 7.71. The molecule has 1 aromatic rings. The van der Waals surface area contributed by atoms with Gasteiger partial charge in [-0.2, -0.15) is 18.2 Å². The number of hydrogen-bond acceptors (Lipinski definition) is 4. The Morgan fingerprint density at radius 1 is 1.25 bits per heavy atom. The van der Waals surface area contributed by atoms with Crippen LogP contribution in [0, 0.1) is 0 Å². The monoisotopic (exact) mass is 422 g/mol. The van der Waals surface area contributed by atoms with Gasteiger partial charge in [0.1, 0.15) is 0 Å². The van der Waals surface area contributed by atoms with Crippen LogP contribution in [-0.2, 0) is 15.7 Å². The van der Waals surface area contributed by atoms with Crippen molar-refractivity contribution >= 4 is 45.9 Å². The van der Waals surface area contributed by atoms with Crippen LogP contribution in [0.1, 0.15) is 11.1 Å². The Morgan fingerprint density at radius 3 is 2.62 bits per heavy atom. The van der Waals surface area contributed by atoms with Crippen molar-refractivity contribution in [3.05, 3.63) is 40.3 Å². The van der Waals surface area contributed by atoms with Crippen LogP contribution in [-0.4, -0.2) is 42.3 Å². The number of benzene rings is 1. The van der Waals surface area contributed by atoms with Crippen molar-refractivity contribution in [2.24, 2.45) is 4.99 Å². The number of halogens is 4. The average molecular weight is 423 g/mol. The van der Waals surface area contributed by atoms with E-state index >= 15 is 0 Å². The predicted molar refractivity (Wildman–Crippen MR) is 92.2 cm³/mol. The van der Waals surface area contributed by atoms with Crippen LogP contribution in [0.15, 0.2) is 34.2 Å². The maximum absolute atomic E-state index is 12.7. The molecule has 0 saturated carbocycles. The molecule has 1 fully saturated rings. The summed E-state index contributed by atoms with van der Waals surface area (Å²) < 4.78 is 43.4. The zero-order chi connectivity index (χ0) is 16.4. The number of amides is 1. The quantitative estimate of drug-likeness (QED) is 0.648. The molecule has 1 amide bonds. The highest BCUT2D eigenvalue weighted by Gasteiger charge is 2.31. The highest BCUT2D eigenvalue weighted by atomic mass is 79.9. The third-order valence-corrected chi connectivity index (χ3v) is 4.45. The second-order valence-corrected chi connectivity index (χ2v) is 6.04. The highest BCUT2D eigenvalue weighted by Crippen LogP contribution is 2.33. The lowest BCUT2D eigenvalue weighted by Gasteiger charge is -2.27. The molecule has 24 heavy (non-hydrogen) atoms. The first-order valence-corrected chi connectivity index (χ1v) is 7.78. The van der Waals surface area contributed by atoms with Crippen molar-refractivity contribution in [2.75, 3.05) is 26.3 Å². The molecule has 0 bridgehead atoms. The van der Waals surface area contributed by atoms with Gasteiger partial charge in [0, 0.05) is 13.1 Å². The SMILES string of the molecule is Br.O=C1N=C(N2CCOCC2)SC1=Cc1cccc(C(F)(F)F)c1. The van der Waals surface area contributed by atoms with E-state index in [9.17, 15) is 18.0 Å². The maximum Gasteiger partial charge on any atom is 0.416 e. The van der Waals surface area contributed by atoms with Gasteiger partial charge >= 0.3 is 6.18 Å². The lowest BCUT2D eigenvalue weighted by Crippen LogP contribution is -2.38. The number of morpholine rings is 1.